The van der Waals surface area contributed by atoms with Crippen molar-refractivity contribution < 1.29 is 14.0 Å². The van der Waals surface area contributed by atoms with Crippen molar-refractivity contribution >= 4 is 39.1 Å². The highest BCUT2D eigenvalue weighted by atomic mass is 79.9. The molecule has 0 saturated carbocycles. The molecule has 0 aromatic heterocycles. The third-order valence-electron chi connectivity index (χ3n) is 4.53. The zero-order chi connectivity index (χ0) is 20.1. The average molecular weight is 449 g/mol. The molecule has 1 fully saturated rings. The molecule has 0 aliphatic carbocycles. The number of amides is 2. The molecule has 28 heavy (non-hydrogen) atoms. The maximum Gasteiger partial charge on any atom is 0.254 e. The maximum atomic E-state index is 13.8. The van der Waals surface area contributed by atoms with Gasteiger partial charge in [0, 0.05) is 30.7 Å². The summed E-state index contributed by atoms with van der Waals surface area (Å²) in [6.07, 6.45) is 0. The smallest absolute Gasteiger partial charge is 0.254 e. The molecule has 148 valence electrons. The number of nitrogens with one attached hydrogen (secondary N) is 3. The number of benzene rings is 2. The molecule has 0 spiro atoms. The van der Waals surface area contributed by atoms with Gasteiger partial charge in [-0.3, -0.25) is 9.59 Å². The summed E-state index contributed by atoms with van der Waals surface area (Å²) in [6, 6.07) is 10.6. The van der Waals surface area contributed by atoms with E-state index in [1.807, 2.05) is 18.2 Å². The molecule has 1 aliphatic rings. The summed E-state index contributed by atoms with van der Waals surface area (Å²) in [5.74, 6) is -1.63. The summed E-state index contributed by atoms with van der Waals surface area (Å²) < 4.78 is 14.6. The monoisotopic (exact) mass is 448 g/mol. The largest absolute Gasteiger partial charge is 0.367 e. The van der Waals surface area contributed by atoms with Crippen LogP contribution in [0, 0.1) is 5.82 Å². The summed E-state index contributed by atoms with van der Waals surface area (Å²) in [7, 11) is 0. The van der Waals surface area contributed by atoms with Gasteiger partial charge in [-0.25, -0.2) is 4.39 Å². The van der Waals surface area contributed by atoms with Crippen LogP contribution in [0.5, 0.6) is 0 Å². The molecule has 1 atom stereocenters. The van der Waals surface area contributed by atoms with E-state index in [9.17, 15) is 14.0 Å². The molecule has 1 saturated heterocycles. The van der Waals surface area contributed by atoms with Crippen molar-refractivity contribution in [3.63, 3.8) is 0 Å². The van der Waals surface area contributed by atoms with Crippen molar-refractivity contribution in [1.29, 1.82) is 0 Å². The fourth-order valence-electron chi connectivity index (χ4n) is 3.02. The Balaban J connectivity index is 1.71. The molecule has 3 rings (SSSR count). The lowest BCUT2D eigenvalue weighted by molar-refractivity contribution is -0.117. The molecule has 2 amide bonds. The fraction of sp³-hybridized carbons (Fsp3) is 0.300. The second-order valence-corrected chi connectivity index (χ2v) is 7.48. The number of piperazine rings is 1. The van der Waals surface area contributed by atoms with E-state index in [2.05, 4.69) is 36.8 Å². The standard InChI is InChI=1S/C20H22BrFN4O2/c1-13(24-20(28)15-4-2-3-5-16(15)22)19(27)25-17-12-14(21)6-7-18(17)26-10-8-23-9-11-26/h2-7,12-13,23H,8-11H2,1H3,(H,24,28)(H,25,27). The second-order valence-electron chi connectivity index (χ2n) is 6.56. The number of anilines is 2. The van der Waals surface area contributed by atoms with Crippen LogP contribution in [-0.2, 0) is 4.79 Å². The van der Waals surface area contributed by atoms with Crippen LogP contribution in [0.3, 0.4) is 0 Å². The molecule has 6 nitrogen and oxygen atoms in total. The first-order valence-electron chi connectivity index (χ1n) is 9.07. The number of hydrogen-bond acceptors (Lipinski definition) is 4. The predicted molar refractivity (Wildman–Crippen MR) is 111 cm³/mol. The first-order valence-corrected chi connectivity index (χ1v) is 9.86. The summed E-state index contributed by atoms with van der Waals surface area (Å²) >= 11 is 3.43. The Kier molecular flexibility index (Phi) is 6.64. The number of nitrogens with zero attached hydrogens (tertiary/aromatic N) is 1. The van der Waals surface area contributed by atoms with Gasteiger partial charge in [0.05, 0.1) is 16.9 Å². The van der Waals surface area contributed by atoms with Crippen molar-refractivity contribution in [1.82, 2.24) is 10.6 Å². The third kappa shape index (κ3) is 4.88. The van der Waals surface area contributed by atoms with E-state index in [0.717, 1.165) is 36.3 Å². The van der Waals surface area contributed by atoms with Crippen LogP contribution in [-0.4, -0.2) is 44.0 Å². The van der Waals surface area contributed by atoms with E-state index in [4.69, 9.17) is 0 Å². The molecular weight excluding hydrogens is 427 g/mol. The summed E-state index contributed by atoms with van der Waals surface area (Å²) in [6.45, 7) is 4.99. The third-order valence-corrected chi connectivity index (χ3v) is 5.03. The topological polar surface area (TPSA) is 73.5 Å². The van der Waals surface area contributed by atoms with Gasteiger partial charge >= 0.3 is 0 Å². The van der Waals surface area contributed by atoms with E-state index in [0.29, 0.717) is 5.69 Å². The highest BCUT2D eigenvalue weighted by Gasteiger charge is 2.21. The van der Waals surface area contributed by atoms with Gasteiger partial charge in [0.25, 0.3) is 5.91 Å². The summed E-state index contributed by atoms with van der Waals surface area (Å²) in [5, 5.41) is 8.72. The molecule has 2 aromatic carbocycles. The van der Waals surface area contributed by atoms with Crippen LogP contribution in [0.2, 0.25) is 0 Å². The van der Waals surface area contributed by atoms with Crippen molar-refractivity contribution in [2.24, 2.45) is 0 Å². The van der Waals surface area contributed by atoms with Crippen molar-refractivity contribution in [3.05, 3.63) is 58.3 Å². The fourth-order valence-corrected chi connectivity index (χ4v) is 3.38. The van der Waals surface area contributed by atoms with Gasteiger partial charge in [-0.2, -0.15) is 0 Å². The molecule has 0 bridgehead atoms. The van der Waals surface area contributed by atoms with Gasteiger partial charge in [-0.05, 0) is 37.3 Å². The predicted octanol–water partition coefficient (Wildman–Crippen LogP) is 2.75. The summed E-state index contributed by atoms with van der Waals surface area (Å²) in [4.78, 5) is 27.1. The highest BCUT2D eigenvalue weighted by molar-refractivity contribution is 9.10. The number of hydrogen-bond donors (Lipinski definition) is 3. The minimum absolute atomic E-state index is 0.0916. The molecular formula is C20H22BrFN4O2. The van der Waals surface area contributed by atoms with E-state index in [1.54, 1.807) is 13.0 Å². The van der Waals surface area contributed by atoms with Gasteiger partial charge in [-0.15, -0.1) is 0 Å². The SMILES string of the molecule is CC(NC(=O)c1ccccc1F)C(=O)Nc1cc(Br)ccc1N1CCNCC1. The molecule has 0 radical (unpaired) electrons. The lowest BCUT2D eigenvalue weighted by Gasteiger charge is -2.31. The number of carbonyl (C=O) groups is 2. The van der Waals surface area contributed by atoms with Crippen molar-refractivity contribution in [3.8, 4) is 0 Å². The second kappa shape index (κ2) is 9.16. The van der Waals surface area contributed by atoms with Gasteiger partial charge in [0.15, 0.2) is 0 Å². The van der Waals surface area contributed by atoms with Gasteiger partial charge in [-0.1, -0.05) is 28.1 Å². The number of rotatable bonds is 5. The minimum atomic E-state index is -0.832. The minimum Gasteiger partial charge on any atom is -0.367 e. The number of carbonyl (C=O) groups excluding carboxylic acids is 2. The Morgan fingerprint density at radius 3 is 2.61 bits per heavy atom. The lowest BCUT2D eigenvalue weighted by Crippen LogP contribution is -2.44. The van der Waals surface area contributed by atoms with Crippen LogP contribution < -0.4 is 20.9 Å². The van der Waals surface area contributed by atoms with Crippen LogP contribution in [0.25, 0.3) is 0 Å². The first-order chi connectivity index (χ1) is 13.5. The molecule has 1 aliphatic heterocycles. The average Bonchev–Trinajstić information content (AvgIpc) is 2.69. The molecule has 3 N–H and O–H groups in total. The van der Waals surface area contributed by atoms with Crippen LogP contribution >= 0.6 is 15.9 Å². The van der Waals surface area contributed by atoms with Crippen molar-refractivity contribution in [2.75, 3.05) is 36.4 Å². The highest BCUT2D eigenvalue weighted by Crippen LogP contribution is 2.29. The van der Waals surface area contributed by atoms with Gasteiger partial charge in [0.1, 0.15) is 11.9 Å². The zero-order valence-corrected chi connectivity index (χ0v) is 17.1. The first kappa shape index (κ1) is 20.3. The van der Waals surface area contributed by atoms with Crippen LogP contribution in [0.15, 0.2) is 46.9 Å². The molecule has 1 heterocycles. The van der Waals surface area contributed by atoms with Crippen LogP contribution in [0.4, 0.5) is 15.8 Å². The molecule has 2 aromatic rings. The number of halogens is 2. The van der Waals surface area contributed by atoms with E-state index in [-0.39, 0.29) is 11.5 Å². The summed E-state index contributed by atoms with van der Waals surface area (Å²) in [5.41, 5.74) is 1.49. The quantitative estimate of drug-likeness (QED) is 0.657. The normalized spacial score (nSPS) is 15.0. The van der Waals surface area contributed by atoms with E-state index < -0.39 is 17.8 Å². The Bertz CT molecular complexity index is 871. The van der Waals surface area contributed by atoms with E-state index >= 15 is 0 Å². The molecule has 1 unspecified atom stereocenters. The Labute approximate surface area is 171 Å². The molecule has 8 heteroatoms. The van der Waals surface area contributed by atoms with E-state index in [1.165, 1.54) is 18.2 Å². The zero-order valence-electron chi connectivity index (χ0n) is 15.5. The van der Waals surface area contributed by atoms with Gasteiger partial charge < -0.3 is 20.9 Å². The van der Waals surface area contributed by atoms with Crippen molar-refractivity contribution in [2.45, 2.75) is 13.0 Å². The lowest BCUT2D eigenvalue weighted by atomic mass is 10.1. The van der Waals surface area contributed by atoms with Gasteiger partial charge in [0.2, 0.25) is 5.91 Å². The Hall–Kier alpha value is -2.45. The Morgan fingerprint density at radius 1 is 1.18 bits per heavy atom. The maximum absolute atomic E-state index is 13.8. The Morgan fingerprint density at radius 2 is 1.89 bits per heavy atom. The van der Waals surface area contributed by atoms with Crippen LogP contribution in [0.1, 0.15) is 17.3 Å².